The fraction of sp³-hybridized carbons (Fsp3) is 0.917. The van der Waals surface area contributed by atoms with Crippen molar-refractivity contribution in [3.05, 3.63) is 0 Å². The van der Waals surface area contributed by atoms with Gasteiger partial charge in [-0.3, -0.25) is 4.90 Å². The molecule has 0 bridgehead atoms. The van der Waals surface area contributed by atoms with Gasteiger partial charge in [-0.1, -0.05) is 0 Å². The van der Waals surface area contributed by atoms with Gasteiger partial charge in [0.2, 0.25) is 0 Å². The van der Waals surface area contributed by atoms with Gasteiger partial charge in [0.25, 0.3) is 0 Å². The first kappa shape index (κ1) is 12.0. The predicted molar refractivity (Wildman–Crippen MR) is 62.5 cm³/mol. The van der Waals surface area contributed by atoms with Crippen molar-refractivity contribution in [3.63, 3.8) is 0 Å². The van der Waals surface area contributed by atoms with Crippen molar-refractivity contribution < 1.29 is 9.53 Å². The minimum Gasteiger partial charge on any atom is -0.380 e. The van der Waals surface area contributed by atoms with E-state index in [0.29, 0.717) is 12.6 Å². The summed E-state index contributed by atoms with van der Waals surface area (Å²) >= 11 is 0. The molecule has 2 rings (SSSR count). The van der Waals surface area contributed by atoms with E-state index < -0.39 is 0 Å². The van der Waals surface area contributed by atoms with E-state index in [1.807, 2.05) is 0 Å². The summed E-state index contributed by atoms with van der Waals surface area (Å²) < 4.78 is 5.37. The third kappa shape index (κ3) is 2.44. The molecule has 2 aliphatic rings. The highest BCUT2D eigenvalue weighted by molar-refractivity contribution is 5.60. The number of ether oxygens (including phenoxy) is 1. The molecule has 2 heterocycles. The van der Waals surface area contributed by atoms with Crippen LogP contribution in [0.5, 0.6) is 0 Å². The summed E-state index contributed by atoms with van der Waals surface area (Å²) in [6, 6.07) is 0.583. The molecule has 4 nitrogen and oxygen atoms in total. The van der Waals surface area contributed by atoms with Crippen molar-refractivity contribution in [3.8, 4) is 0 Å². The summed E-state index contributed by atoms with van der Waals surface area (Å²) in [4.78, 5) is 16.0. The van der Waals surface area contributed by atoms with Gasteiger partial charge >= 0.3 is 0 Å². The van der Waals surface area contributed by atoms with E-state index in [0.717, 1.165) is 45.5 Å². The van der Waals surface area contributed by atoms with Crippen molar-refractivity contribution in [1.29, 1.82) is 0 Å². The van der Waals surface area contributed by atoms with Gasteiger partial charge in [-0.2, -0.15) is 0 Å². The number of likely N-dealkylation sites (N-methyl/N-ethyl adjacent to an activating group) is 1. The Morgan fingerprint density at radius 2 is 2.31 bits per heavy atom. The fourth-order valence-electron chi connectivity index (χ4n) is 2.59. The SMILES string of the molecule is CC1CN(CC2(C=O)CCOC2)CCN1C. The lowest BCUT2D eigenvalue weighted by molar-refractivity contribution is -0.117. The van der Waals surface area contributed by atoms with Crippen LogP contribution in [0.3, 0.4) is 0 Å². The van der Waals surface area contributed by atoms with Crippen LogP contribution < -0.4 is 0 Å². The van der Waals surface area contributed by atoms with Gasteiger partial charge in [0.05, 0.1) is 12.0 Å². The van der Waals surface area contributed by atoms with Crippen LogP contribution in [0.1, 0.15) is 13.3 Å². The summed E-state index contributed by atoms with van der Waals surface area (Å²) in [7, 11) is 2.16. The van der Waals surface area contributed by atoms with Gasteiger partial charge in [-0.05, 0) is 20.4 Å². The largest absolute Gasteiger partial charge is 0.380 e. The molecule has 2 fully saturated rings. The Bertz CT molecular complexity index is 251. The van der Waals surface area contributed by atoms with Crippen LogP contribution >= 0.6 is 0 Å². The number of hydrogen-bond donors (Lipinski definition) is 0. The minimum absolute atomic E-state index is 0.227. The van der Waals surface area contributed by atoms with E-state index in [4.69, 9.17) is 4.74 Å². The number of rotatable bonds is 3. The van der Waals surface area contributed by atoms with Crippen LogP contribution in [0, 0.1) is 5.41 Å². The zero-order chi connectivity index (χ0) is 11.6. The van der Waals surface area contributed by atoms with Crippen molar-refractivity contribution in [2.45, 2.75) is 19.4 Å². The molecule has 0 aromatic heterocycles. The number of nitrogens with zero attached hydrogens (tertiary/aromatic N) is 2. The Hall–Kier alpha value is -0.450. The molecule has 2 atom stereocenters. The number of carbonyl (C=O) groups is 1. The normalized spacial score (nSPS) is 37.8. The van der Waals surface area contributed by atoms with Gasteiger partial charge in [0, 0.05) is 38.8 Å². The molecule has 2 unspecified atom stereocenters. The number of aldehydes is 1. The standard InChI is InChI=1S/C12H22N2O2/c1-11-7-14(5-4-13(11)2)8-12(9-15)3-6-16-10-12/h9,11H,3-8,10H2,1-2H3. The molecule has 0 N–H and O–H groups in total. The molecule has 0 aromatic carbocycles. The second kappa shape index (κ2) is 4.82. The third-order valence-electron chi connectivity index (χ3n) is 3.97. The molecule has 16 heavy (non-hydrogen) atoms. The third-order valence-corrected chi connectivity index (χ3v) is 3.97. The van der Waals surface area contributed by atoms with Crippen molar-refractivity contribution >= 4 is 6.29 Å². The van der Waals surface area contributed by atoms with E-state index in [1.165, 1.54) is 0 Å². The molecular weight excluding hydrogens is 204 g/mol. The van der Waals surface area contributed by atoms with Crippen LogP contribution in [0.25, 0.3) is 0 Å². The second-order valence-corrected chi connectivity index (χ2v) is 5.35. The molecule has 0 radical (unpaired) electrons. The Kier molecular flexibility index (Phi) is 3.62. The Morgan fingerprint density at radius 3 is 2.88 bits per heavy atom. The van der Waals surface area contributed by atoms with E-state index in [1.54, 1.807) is 0 Å². The maximum Gasteiger partial charge on any atom is 0.129 e. The number of piperazine rings is 1. The van der Waals surface area contributed by atoms with E-state index in [-0.39, 0.29) is 5.41 Å². The first-order valence-corrected chi connectivity index (χ1v) is 6.12. The summed E-state index contributed by atoms with van der Waals surface area (Å²) in [5, 5.41) is 0. The average Bonchev–Trinajstić information content (AvgIpc) is 2.73. The van der Waals surface area contributed by atoms with Gasteiger partial charge in [0.15, 0.2) is 0 Å². The molecule has 4 heteroatoms. The summed E-state index contributed by atoms with van der Waals surface area (Å²) in [6.07, 6.45) is 2.00. The first-order valence-electron chi connectivity index (χ1n) is 6.12. The highest BCUT2D eigenvalue weighted by Crippen LogP contribution is 2.28. The summed E-state index contributed by atoms with van der Waals surface area (Å²) in [5.74, 6) is 0. The van der Waals surface area contributed by atoms with Gasteiger partial charge in [-0.25, -0.2) is 0 Å². The topological polar surface area (TPSA) is 32.8 Å². The smallest absolute Gasteiger partial charge is 0.129 e. The molecule has 0 aromatic rings. The molecular formula is C12H22N2O2. The van der Waals surface area contributed by atoms with Gasteiger partial charge in [0.1, 0.15) is 6.29 Å². The Morgan fingerprint density at radius 1 is 1.50 bits per heavy atom. The van der Waals surface area contributed by atoms with Crippen molar-refractivity contribution in [2.75, 3.05) is 46.4 Å². The molecule has 2 saturated heterocycles. The Balaban J connectivity index is 1.91. The zero-order valence-corrected chi connectivity index (χ0v) is 10.3. The van der Waals surface area contributed by atoms with Crippen LogP contribution in [0.15, 0.2) is 0 Å². The molecule has 0 amide bonds. The first-order chi connectivity index (χ1) is 7.65. The van der Waals surface area contributed by atoms with Crippen LogP contribution in [0.4, 0.5) is 0 Å². The van der Waals surface area contributed by atoms with Crippen LogP contribution in [-0.4, -0.2) is 68.6 Å². The van der Waals surface area contributed by atoms with Crippen molar-refractivity contribution in [2.24, 2.45) is 5.41 Å². The average molecular weight is 226 g/mol. The van der Waals surface area contributed by atoms with Gasteiger partial charge < -0.3 is 14.4 Å². The van der Waals surface area contributed by atoms with Crippen LogP contribution in [-0.2, 0) is 9.53 Å². The number of hydrogen-bond acceptors (Lipinski definition) is 4. The predicted octanol–water partition coefficient (Wildman–Crippen LogP) is 0.228. The lowest BCUT2D eigenvalue weighted by atomic mass is 9.88. The summed E-state index contributed by atoms with van der Waals surface area (Å²) in [6.45, 7) is 7.68. The number of carbonyl (C=O) groups excluding carboxylic acids is 1. The van der Waals surface area contributed by atoms with E-state index in [2.05, 4.69) is 23.8 Å². The summed E-state index contributed by atoms with van der Waals surface area (Å²) in [5.41, 5.74) is -0.227. The zero-order valence-electron chi connectivity index (χ0n) is 10.3. The molecule has 0 saturated carbocycles. The lowest BCUT2D eigenvalue weighted by Gasteiger charge is -2.40. The maximum atomic E-state index is 11.2. The molecule has 92 valence electrons. The quantitative estimate of drug-likeness (QED) is 0.645. The molecule has 2 aliphatic heterocycles. The van der Waals surface area contributed by atoms with E-state index >= 15 is 0 Å². The monoisotopic (exact) mass is 226 g/mol. The Labute approximate surface area is 97.5 Å². The fourth-order valence-corrected chi connectivity index (χ4v) is 2.59. The van der Waals surface area contributed by atoms with E-state index in [9.17, 15) is 4.79 Å². The minimum atomic E-state index is -0.227. The molecule has 0 spiro atoms. The van der Waals surface area contributed by atoms with Gasteiger partial charge in [-0.15, -0.1) is 0 Å². The highest BCUT2D eigenvalue weighted by atomic mass is 16.5. The van der Waals surface area contributed by atoms with Crippen LogP contribution in [0.2, 0.25) is 0 Å². The maximum absolute atomic E-state index is 11.2. The second-order valence-electron chi connectivity index (χ2n) is 5.35. The molecule has 0 aliphatic carbocycles. The highest BCUT2D eigenvalue weighted by Gasteiger charge is 2.37. The van der Waals surface area contributed by atoms with Crippen molar-refractivity contribution in [1.82, 2.24) is 9.80 Å². The lowest BCUT2D eigenvalue weighted by Crippen LogP contribution is -2.53.